The second-order valence-corrected chi connectivity index (χ2v) is 7.39. The van der Waals surface area contributed by atoms with Crippen molar-refractivity contribution in [3.05, 3.63) is 89.2 Å². The molecular formula is C25H27FN2O3. The largest absolute Gasteiger partial charge is 0.495 e. The van der Waals surface area contributed by atoms with E-state index < -0.39 is 11.9 Å². The fourth-order valence-electron chi connectivity index (χ4n) is 3.55. The zero-order chi connectivity index (χ0) is 22.4. The van der Waals surface area contributed by atoms with Crippen molar-refractivity contribution in [2.45, 2.75) is 19.5 Å². The lowest BCUT2D eigenvalue weighted by Crippen LogP contribution is -2.34. The average Bonchev–Trinajstić information content (AvgIpc) is 2.75. The van der Waals surface area contributed by atoms with E-state index in [-0.39, 0.29) is 11.7 Å². The molecule has 0 saturated carbocycles. The Morgan fingerprint density at radius 3 is 2.32 bits per heavy atom. The van der Waals surface area contributed by atoms with E-state index in [9.17, 15) is 9.18 Å². The van der Waals surface area contributed by atoms with Gasteiger partial charge in [0.1, 0.15) is 11.8 Å². The Balaban J connectivity index is 1.89. The molecule has 0 radical (unpaired) electrons. The zero-order valence-electron chi connectivity index (χ0n) is 18.2. The number of carbonyl (C=O) groups is 1. The summed E-state index contributed by atoms with van der Waals surface area (Å²) in [6.45, 7) is 2.33. The fraction of sp³-hybridized carbons (Fsp3) is 0.240. The number of halogens is 1. The van der Waals surface area contributed by atoms with Gasteiger partial charge in [-0.1, -0.05) is 42.5 Å². The molecule has 31 heavy (non-hydrogen) atoms. The van der Waals surface area contributed by atoms with Crippen molar-refractivity contribution in [1.29, 1.82) is 0 Å². The molecule has 3 rings (SSSR count). The van der Waals surface area contributed by atoms with E-state index in [1.54, 1.807) is 19.2 Å². The highest BCUT2D eigenvalue weighted by molar-refractivity contribution is 5.96. The van der Waals surface area contributed by atoms with Gasteiger partial charge in [-0.15, -0.1) is 0 Å². The number of ether oxygens (including phenoxy) is 2. The van der Waals surface area contributed by atoms with Gasteiger partial charge in [-0.2, -0.15) is 0 Å². The molecule has 1 N–H and O–H groups in total. The van der Waals surface area contributed by atoms with Gasteiger partial charge < -0.3 is 14.8 Å². The highest BCUT2D eigenvalue weighted by Gasteiger charge is 2.26. The van der Waals surface area contributed by atoms with E-state index in [1.807, 2.05) is 67.4 Å². The molecule has 0 heterocycles. The molecule has 6 heteroatoms. The summed E-state index contributed by atoms with van der Waals surface area (Å²) in [5, 5.41) is 3.00. The van der Waals surface area contributed by atoms with Crippen LogP contribution in [0.4, 0.5) is 10.1 Å². The quantitative estimate of drug-likeness (QED) is 0.557. The molecule has 1 amide bonds. The van der Waals surface area contributed by atoms with E-state index in [2.05, 4.69) is 5.32 Å². The highest BCUT2D eigenvalue weighted by Crippen LogP contribution is 2.29. The molecule has 0 fully saturated rings. The van der Waals surface area contributed by atoms with Crippen molar-refractivity contribution >= 4 is 11.6 Å². The van der Waals surface area contributed by atoms with Crippen LogP contribution in [-0.4, -0.2) is 32.1 Å². The topological polar surface area (TPSA) is 50.8 Å². The van der Waals surface area contributed by atoms with Crippen LogP contribution in [0.3, 0.4) is 0 Å². The standard InChI is InChI=1S/C25H27FN2O3/c1-17-10-12-23(31-4)21(14-17)27-25(29)24(19-8-6-5-7-9-19)28(2)16-18-11-13-22(30-3)20(26)15-18/h5-15,24H,16H2,1-4H3,(H,27,29)/t24-/m0/s1. The number of hydrogen-bond acceptors (Lipinski definition) is 4. The third-order valence-electron chi connectivity index (χ3n) is 5.07. The molecular weight excluding hydrogens is 395 g/mol. The van der Waals surface area contributed by atoms with Gasteiger partial charge in [0.05, 0.1) is 19.9 Å². The van der Waals surface area contributed by atoms with Gasteiger partial charge in [-0.3, -0.25) is 9.69 Å². The second-order valence-electron chi connectivity index (χ2n) is 7.39. The van der Waals surface area contributed by atoms with E-state index in [0.29, 0.717) is 18.0 Å². The van der Waals surface area contributed by atoms with Gasteiger partial charge in [0, 0.05) is 6.54 Å². The van der Waals surface area contributed by atoms with E-state index in [4.69, 9.17) is 9.47 Å². The molecule has 162 valence electrons. The number of anilines is 1. The molecule has 1 atom stereocenters. The third-order valence-corrected chi connectivity index (χ3v) is 5.07. The summed E-state index contributed by atoms with van der Waals surface area (Å²) in [5.74, 6) is 0.145. The number of likely N-dealkylation sites (N-methyl/N-ethyl adjacent to an activating group) is 1. The molecule has 0 aromatic heterocycles. The first-order chi connectivity index (χ1) is 14.9. The van der Waals surface area contributed by atoms with E-state index in [0.717, 1.165) is 16.7 Å². The summed E-state index contributed by atoms with van der Waals surface area (Å²) in [4.78, 5) is 15.3. The van der Waals surface area contributed by atoms with Crippen molar-refractivity contribution in [3.63, 3.8) is 0 Å². The molecule has 0 aliphatic carbocycles. The monoisotopic (exact) mass is 422 g/mol. The molecule has 3 aromatic carbocycles. The lowest BCUT2D eigenvalue weighted by atomic mass is 10.0. The van der Waals surface area contributed by atoms with Crippen molar-refractivity contribution in [1.82, 2.24) is 4.90 Å². The van der Waals surface area contributed by atoms with Gasteiger partial charge in [0.25, 0.3) is 0 Å². The first-order valence-electron chi connectivity index (χ1n) is 9.96. The minimum absolute atomic E-state index is 0.190. The summed E-state index contributed by atoms with van der Waals surface area (Å²) in [6, 6.07) is 19.4. The maximum absolute atomic E-state index is 14.2. The van der Waals surface area contributed by atoms with Gasteiger partial charge >= 0.3 is 0 Å². The Morgan fingerprint density at radius 1 is 1.00 bits per heavy atom. The predicted octanol–water partition coefficient (Wildman–Crippen LogP) is 4.96. The number of hydrogen-bond donors (Lipinski definition) is 1. The molecule has 0 spiro atoms. The first-order valence-corrected chi connectivity index (χ1v) is 9.96. The van der Waals surface area contributed by atoms with Crippen molar-refractivity contribution in [2.75, 3.05) is 26.6 Å². The average molecular weight is 423 g/mol. The number of benzene rings is 3. The summed E-state index contributed by atoms with van der Waals surface area (Å²) in [5.41, 5.74) is 3.19. The molecule has 0 unspecified atom stereocenters. The van der Waals surface area contributed by atoms with Gasteiger partial charge in [-0.25, -0.2) is 4.39 Å². The highest BCUT2D eigenvalue weighted by atomic mass is 19.1. The number of nitrogens with one attached hydrogen (secondary N) is 1. The van der Waals surface area contributed by atoms with Crippen molar-refractivity contribution < 1.29 is 18.7 Å². The number of rotatable bonds is 8. The number of nitrogens with zero attached hydrogens (tertiary/aromatic N) is 1. The predicted molar refractivity (Wildman–Crippen MR) is 120 cm³/mol. The lowest BCUT2D eigenvalue weighted by Gasteiger charge is -2.28. The molecule has 0 aliphatic rings. The van der Waals surface area contributed by atoms with Crippen LogP contribution in [-0.2, 0) is 11.3 Å². The maximum atomic E-state index is 14.2. The van der Waals surface area contributed by atoms with Crippen LogP contribution in [0.15, 0.2) is 66.7 Å². The van der Waals surface area contributed by atoms with Crippen molar-refractivity contribution in [2.24, 2.45) is 0 Å². The minimum atomic E-state index is -0.586. The Morgan fingerprint density at radius 2 is 1.68 bits per heavy atom. The van der Waals surface area contributed by atoms with Crippen LogP contribution >= 0.6 is 0 Å². The van der Waals surface area contributed by atoms with E-state index in [1.165, 1.54) is 13.2 Å². The lowest BCUT2D eigenvalue weighted by molar-refractivity contribution is -0.121. The number of aryl methyl sites for hydroxylation is 1. The Hall–Kier alpha value is -3.38. The Bertz CT molecular complexity index is 1040. The zero-order valence-corrected chi connectivity index (χ0v) is 18.2. The number of methoxy groups -OCH3 is 2. The van der Waals surface area contributed by atoms with Crippen molar-refractivity contribution in [3.8, 4) is 11.5 Å². The summed E-state index contributed by atoms with van der Waals surface area (Å²) >= 11 is 0. The summed E-state index contributed by atoms with van der Waals surface area (Å²) < 4.78 is 24.5. The number of amides is 1. The van der Waals surface area contributed by atoms with Crippen LogP contribution in [0.2, 0.25) is 0 Å². The third kappa shape index (κ3) is 5.41. The summed E-state index contributed by atoms with van der Waals surface area (Å²) in [7, 11) is 4.84. The molecule has 0 bridgehead atoms. The SMILES string of the molecule is COc1ccc(CN(C)[C@H](C(=O)Nc2cc(C)ccc2OC)c2ccccc2)cc1F. The Kier molecular flexibility index (Phi) is 7.26. The molecule has 0 aliphatic heterocycles. The van der Waals surface area contributed by atoms with Crippen LogP contribution in [0, 0.1) is 12.7 Å². The fourth-order valence-corrected chi connectivity index (χ4v) is 3.55. The van der Waals surface area contributed by atoms with Gasteiger partial charge in [0.15, 0.2) is 11.6 Å². The van der Waals surface area contributed by atoms with Crippen LogP contribution in [0.25, 0.3) is 0 Å². The van der Waals surface area contributed by atoms with E-state index >= 15 is 0 Å². The second kappa shape index (κ2) is 10.1. The van der Waals surface area contributed by atoms with Crippen LogP contribution in [0.5, 0.6) is 11.5 Å². The van der Waals surface area contributed by atoms with Crippen LogP contribution < -0.4 is 14.8 Å². The maximum Gasteiger partial charge on any atom is 0.246 e. The van der Waals surface area contributed by atoms with Crippen LogP contribution in [0.1, 0.15) is 22.7 Å². The van der Waals surface area contributed by atoms with Gasteiger partial charge in [0.2, 0.25) is 5.91 Å². The first kappa shape index (κ1) is 22.3. The molecule has 3 aromatic rings. The molecule has 5 nitrogen and oxygen atoms in total. The normalized spacial score (nSPS) is 11.8. The molecule has 0 saturated heterocycles. The smallest absolute Gasteiger partial charge is 0.246 e. The minimum Gasteiger partial charge on any atom is -0.495 e. The van der Waals surface area contributed by atoms with Gasteiger partial charge in [-0.05, 0) is 54.9 Å². The summed E-state index contributed by atoms with van der Waals surface area (Å²) in [6.07, 6.45) is 0. The Labute approximate surface area is 182 Å². The number of carbonyl (C=O) groups excluding carboxylic acids is 1.